The maximum atomic E-state index is 9.61. The number of aliphatic hydroxyl groups excluding tert-OH is 2. The topological polar surface area (TPSA) is 166 Å². The molecule has 0 saturated heterocycles. The zero-order valence-electron chi connectivity index (χ0n) is 17.3. The minimum absolute atomic E-state index is 0.0344. The number of hydrogen-bond donors (Lipinski definition) is 4. The highest BCUT2D eigenvalue weighted by atomic mass is 16.3. The zero-order valence-corrected chi connectivity index (χ0v) is 17.3. The Labute approximate surface area is 183 Å². The van der Waals surface area contributed by atoms with E-state index in [1.165, 1.54) is 0 Å². The van der Waals surface area contributed by atoms with Crippen molar-refractivity contribution in [2.45, 2.75) is 38.1 Å². The van der Waals surface area contributed by atoms with Crippen LogP contribution in [0.25, 0.3) is 28.1 Å². The number of nitrogens with one attached hydrogen (secondary N) is 1. The predicted octanol–water partition coefficient (Wildman–Crippen LogP) is 0.319. The van der Waals surface area contributed by atoms with Gasteiger partial charge in [0.25, 0.3) is 0 Å². The van der Waals surface area contributed by atoms with Crippen molar-refractivity contribution < 1.29 is 10.2 Å². The van der Waals surface area contributed by atoms with Gasteiger partial charge in [0.1, 0.15) is 6.23 Å². The van der Waals surface area contributed by atoms with Crippen LogP contribution in [-0.2, 0) is 6.54 Å². The molecule has 1 aliphatic carbocycles. The van der Waals surface area contributed by atoms with Crippen LogP contribution in [0.3, 0.4) is 0 Å². The van der Waals surface area contributed by atoms with Crippen LogP contribution in [0, 0.1) is 5.92 Å². The molecule has 5 rings (SSSR count). The molecule has 0 aromatic carbocycles. The summed E-state index contributed by atoms with van der Waals surface area (Å²) < 4.78 is 3.25. The molecule has 1 unspecified atom stereocenters. The number of rotatable bonds is 7. The monoisotopic (exact) mass is 436 g/mol. The van der Waals surface area contributed by atoms with Gasteiger partial charge in [-0.2, -0.15) is 14.8 Å². The number of aliphatic hydroxyl groups is 2. The molecule has 5 N–H and O–H groups in total. The summed E-state index contributed by atoms with van der Waals surface area (Å²) in [5.74, 6) is 1.14. The second kappa shape index (κ2) is 8.57. The van der Waals surface area contributed by atoms with E-state index in [1.807, 2.05) is 18.3 Å². The largest absolute Gasteiger partial charge is 0.394 e. The minimum atomic E-state index is -0.797. The van der Waals surface area contributed by atoms with E-state index in [9.17, 15) is 5.11 Å². The molecule has 1 aliphatic rings. The van der Waals surface area contributed by atoms with E-state index in [1.54, 1.807) is 28.0 Å². The first-order valence-corrected chi connectivity index (χ1v) is 10.5. The lowest BCUT2D eigenvalue weighted by Crippen LogP contribution is -2.29. The molecule has 0 bridgehead atoms. The smallest absolute Gasteiger partial charge is 0.225 e. The summed E-state index contributed by atoms with van der Waals surface area (Å²) in [7, 11) is 0. The van der Waals surface area contributed by atoms with Crippen molar-refractivity contribution in [1.82, 2.24) is 39.7 Å². The van der Waals surface area contributed by atoms with E-state index in [0.29, 0.717) is 29.5 Å². The lowest BCUT2D eigenvalue weighted by molar-refractivity contribution is 0.117. The lowest BCUT2D eigenvalue weighted by atomic mass is 10.1. The van der Waals surface area contributed by atoms with Crippen LogP contribution in [0.2, 0.25) is 0 Å². The first-order chi connectivity index (χ1) is 15.6. The van der Waals surface area contributed by atoms with Crippen LogP contribution in [0.5, 0.6) is 0 Å². The molecule has 1 fully saturated rings. The molecule has 4 aromatic heterocycles. The summed E-state index contributed by atoms with van der Waals surface area (Å²) in [6.07, 6.45) is 8.70. The van der Waals surface area contributed by atoms with E-state index >= 15 is 0 Å². The Morgan fingerprint density at radius 3 is 2.81 bits per heavy atom. The molecule has 0 radical (unpaired) electrons. The van der Waals surface area contributed by atoms with Crippen molar-refractivity contribution in [2.24, 2.45) is 11.7 Å². The van der Waals surface area contributed by atoms with Crippen LogP contribution in [0.1, 0.15) is 19.3 Å². The summed E-state index contributed by atoms with van der Waals surface area (Å²) in [5.41, 5.74) is 8.54. The van der Waals surface area contributed by atoms with Crippen molar-refractivity contribution in [3.8, 4) is 16.9 Å². The van der Waals surface area contributed by atoms with Gasteiger partial charge in [-0.05, 0) is 31.4 Å². The number of hydrogen-bond acceptors (Lipinski definition) is 10. The number of pyridine rings is 1. The highest BCUT2D eigenvalue weighted by Crippen LogP contribution is 2.29. The maximum Gasteiger partial charge on any atom is 0.225 e. The first-order valence-electron chi connectivity index (χ1n) is 10.5. The van der Waals surface area contributed by atoms with Crippen LogP contribution >= 0.6 is 0 Å². The minimum Gasteiger partial charge on any atom is -0.394 e. The van der Waals surface area contributed by atoms with Crippen molar-refractivity contribution in [3.05, 3.63) is 36.9 Å². The molecule has 0 spiro atoms. The Morgan fingerprint density at radius 2 is 2.06 bits per heavy atom. The van der Waals surface area contributed by atoms with Crippen molar-refractivity contribution in [2.75, 3.05) is 11.9 Å². The molecule has 32 heavy (non-hydrogen) atoms. The second-order valence-electron chi connectivity index (χ2n) is 7.93. The summed E-state index contributed by atoms with van der Waals surface area (Å²) in [5, 5.41) is 34.5. The van der Waals surface area contributed by atoms with Crippen molar-refractivity contribution >= 4 is 17.1 Å². The van der Waals surface area contributed by atoms with E-state index in [2.05, 4.69) is 35.7 Å². The third kappa shape index (κ3) is 4.02. The second-order valence-corrected chi connectivity index (χ2v) is 7.93. The number of aromatic nitrogens is 8. The average molecular weight is 436 g/mol. The van der Waals surface area contributed by atoms with Crippen LogP contribution in [0.4, 0.5) is 5.95 Å². The number of nitrogens with two attached hydrogens (primary N) is 1. The number of nitrogens with zero attached hydrogens (tertiary/aromatic N) is 8. The lowest BCUT2D eigenvalue weighted by Gasteiger charge is -2.14. The molecule has 0 aliphatic heterocycles. The summed E-state index contributed by atoms with van der Waals surface area (Å²) in [4.78, 5) is 13.5. The van der Waals surface area contributed by atoms with Crippen molar-refractivity contribution in [1.29, 1.82) is 0 Å². The van der Waals surface area contributed by atoms with Gasteiger partial charge in [0.2, 0.25) is 5.95 Å². The van der Waals surface area contributed by atoms with E-state index < -0.39 is 6.23 Å². The fourth-order valence-electron chi connectivity index (χ4n) is 4.01. The summed E-state index contributed by atoms with van der Waals surface area (Å²) in [6, 6.07) is 3.92. The SMILES string of the molecule is NC(O)[C@@H]1CC[C@@H](Nc2ncc3nnn(-c4ccc(-c5cnn(CCO)c5)cn4)c3n2)C1. The standard InChI is InChI=1S/C20H24N10O2/c21-18(32)12-1-3-15(7-12)25-20-23-10-16-19(26-20)30(28-27-16)17-4-2-13(8-22-17)14-9-24-29(11-14)5-6-31/h2,4,8-12,15,18,31-32H,1,3,5-7,21H2,(H,23,25,26)/t12-,15-,18?/m1/s1. The van der Waals surface area contributed by atoms with Gasteiger partial charge in [-0.25, -0.2) is 9.97 Å². The maximum absolute atomic E-state index is 9.61. The molecule has 166 valence electrons. The van der Waals surface area contributed by atoms with Gasteiger partial charge in [0, 0.05) is 35.5 Å². The van der Waals surface area contributed by atoms with Gasteiger partial charge < -0.3 is 21.3 Å². The van der Waals surface area contributed by atoms with E-state index in [4.69, 9.17) is 10.8 Å². The Bertz CT molecular complexity index is 1200. The highest BCUT2D eigenvalue weighted by Gasteiger charge is 2.28. The number of anilines is 1. The van der Waals surface area contributed by atoms with Crippen molar-refractivity contribution in [3.63, 3.8) is 0 Å². The molecule has 0 amide bonds. The third-order valence-corrected chi connectivity index (χ3v) is 5.74. The summed E-state index contributed by atoms with van der Waals surface area (Å²) >= 11 is 0. The van der Waals surface area contributed by atoms with E-state index in [-0.39, 0.29) is 18.6 Å². The van der Waals surface area contributed by atoms with Crippen LogP contribution in [-0.4, -0.2) is 68.8 Å². The molecule has 4 aromatic rings. The molecule has 12 heteroatoms. The molecular formula is C20H24N10O2. The molecular weight excluding hydrogens is 412 g/mol. The first kappa shape index (κ1) is 20.4. The van der Waals surface area contributed by atoms with Crippen LogP contribution < -0.4 is 11.1 Å². The molecule has 12 nitrogen and oxygen atoms in total. The average Bonchev–Trinajstić information content (AvgIpc) is 3.54. The normalized spacial score (nSPS) is 19.5. The van der Waals surface area contributed by atoms with Crippen LogP contribution in [0.15, 0.2) is 36.9 Å². The van der Waals surface area contributed by atoms with Gasteiger partial charge in [-0.15, -0.1) is 5.10 Å². The van der Waals surface area contributed by atoms with Gasteiger partial charge in [-0.3, -0.25) is 4.68 Å². The molecule has 1 saturated carbocycles. The third-order valence-electron chi connectivity index (χ3n) is 5.74. The predicted molar refractivity (Wildman–Crippen MR) is 116 cm³/mol. The highest BCUT2D eigenvalue weighted by molar-refractivity contribution is 5.72. The Hall–Kier alpha value is -3.48. The Kier molecular flexibility index (Phi) is 5.47. The molecule has 3 atom stereocenters. The fourth-order valence-corrected chi connectivity index (χ4v) is 4.01. The Morgan fingerprint density at radius 1 is 1.16 bits per heavy atom. The summed E-state index contributed by atoms with van der Waals surface area (Å²) in [6.45, 7) is 0.480. The quantitative estimate of drug-likeness (QED) is 0.296. The fraction of sp³-hybridized carbons (Fsp3) is 0.400. The number of fused-ring (bicyclic) bond motifs is 1. The van der Waals surface area contributed by atoms with Gasteiger partial charge in [-0.1, -0.05) is 5.21 Å². The van der Waals surface area contributed by atoms with E-state index in [0.717, 1.165) is 30.4 Å². The van der Waals surface area contributed by atoms with Gasteiger partial charge >= 0.3 is 0 Å². The Balaban J connectivity index is 1.36. The zero-order chi connectivity index (χ0) is 22.1. The molecule has 4 heterocycles. The van der Waals surface area contributed by atoms with Gasteiger partial charge in [0.05, 0.1) is 25.5 Å². The van der Waals surface area contributed by atoms with Gasteiger partial charge in [0.15, 0.2) is 17.0 Å².